The Morgan fingerprint density at radius 3 is 2.61 bits per heavy atom. The maximum atomic E-state index is 13.8. The number of rotatable bonds is 5. The zero-order valence-electron chi connectivity index (χ0n) is 16.3. The second-order valence-electron chi connectivity index (χ2n) is 7.44. The molecule has 4 rings (SSSR count). The lowest BCUT2D eigenvalue weighted by molar-refractivity contribution is 0.103. The van der Waals surface area contributed by atoms with Gasteiger partial charge >= 0.3 is 0 Å². The van der Waals surface area contributed by atoms with Crippen LogP contribution in [0.5, 0.6) is 0 Å². The van der Waals surface area contributed by atoms with Crippen molar-refractivity contribution in [2.75, 3.05) is 0 Å². The van der Waals surface area contributed by atoms with Crippen LogP contribution in [0.2, 0.25) is 5.02 Å². The van der Waals surface area contributed by atoms with Gasteiger partial charge in [-0.05, 0) is 75.4 Å². The van der Waals surface area contributed by atoms with E-state index in [1.165, 1.54) is 16.7 Å². The van der Waals surface area contributed by atoms with Crippen LogP contribution in [0.4, 0.5) is 13.2 Å². The number of nitrogens with zero attached hydrogens (tertiary/aromatic N) is 3. The van der Waals surface area contributed by atoms with E-state index < -0.39 is 24.6 Å². The maximum Gasteiger partial charge on any atom is 0.256 e. The zero-order valence-corrected chi connectivity index (χ0v) is 20.2. The van der Waals surface area contributed by atoms with E-state index in [4.69, 9.17) is 11.6 Å². The predicted molar refractivity (Wildman–Crippen MR) is 120 cm³/mol. The average Bonchev–Trinajstić information content (AvgIpc) is 2.91. The summed E-state index contributed by atoms with van der Waals surface area (Å²) in [5.74, 6) is -1.08. The highest BCUT2D eigenvalue weighted by molar-refractivity contribution is 9.11. The standard InChI is InChI=1S/C21H17Br2ClF3N3O/c1-29-19-15(30(9-16(26)27)21(29)28-11-3-2-4-11)8-13(22)17(18(19)23)20(31)12-7-10(25)5-6-14(12)24/h5-8,11,16H,2-4,9H2,1H3. The molecule has 3 aromatic rings. The molecular formula is C21H17Br2ClF3N3O. The molecule has 1 fully saturated rings. The minimum absolute atomic E-state index is 0.0106. The molecule has 0 saturated heterocycles. The molecule has 0 radical (unpaired) electrons. The lowest BCUT2D eigenvalue weighted by Gasteiger charge is -2.20. The van der Waals surface area contributed by atoms with Crippen LogP contribution in [0.15, 0.2) is 38.2 Å². The van der Waals surface area contributed by atoms with Crippen LogP contribution in [0.1, 0.15) is 35.2 Å². The largest absolute Gasteiger partial charge is 0.312 e. The number of hydrogen-bond acceptors (Lipinski definition) is 2. The van der Waals surface area contributed by atoms with Crippen LogP contribution >= 0.6 is 43.5 Å². The summed E-state index contributed by atoms with van der Waals surface area (Å²) in [5, 5.41) is 0.116. The highest BCUT2D eigenvalue weighted by atomic mass is 79.9. The van der Waals surface area contributed by atoms with Gasteiger partial charge < -0.3 is 9.13 Å². The third kappa shape index (κ3) is 4.12. The molecule has 4 nitrogen and oxygen atoms in total. The highest BCUT2D eigenvalue weighted by Crippen LogP contribution is 2.36. The molecule has 0 amide bonds. The smallest absolute Gasteiger partial charge is 0.256 e. The number of fused-ring (bicyclic) bond motifs is 1. The number of imidazole rings is 1. The molecule has 1 aliphatic rings. The minimum atomic E-state index is -2.57. The number of benzene rings is 2. The van der Waals surface area contributed by atoms with Crippen molar-refractivity contribution in [3.63, 3.8) is 0 Å². The van der Waals surface area contributed by atoms with Gasteiger partial charge in [-0.15, -0.1) is 0 Å². The van der Waals surface area contributed by atoms with Crippen molar-refractivity contribution in [3.8, 4) is 0 Å². The lowest BCUT2D eigenvalue weighted by atomic mass is 9.94. The van der Waals surface area contributed by atoms with Gasteiger partial charge in [-0.25, -0.2) is 18.2 Å². The van der Waals surface area contributed by atoms with Crippen molar-refractivity contribution >= 4 is 60.3 Å². The molecule has 0 aliphatic heterocycles. The Labute approximate surface area is 198 Å². The quantitative estimate of drug-likeness (QED) is 0.330. The fourth-order valence-corrected chi connectivity index (χ4v) is 5.60. The summed E-state index contributed by atoms with van der Waals surface area (Å²) in [6, 6.07) is 5.28. The molecule has 0 bridgehead atoms. The van der Waals surface area contributed by atoms with Crippen molar-refractivity contribution in [2.24, 2.45) is 12.0 Å². The van der Waals surface area contributed by atoms with Gasteiger partial charge in [-0.1, -0.05) is 11.6 Å². The van der Waals surface area contributed by atoms with E-state index in [-0.39, 0.29) is 22.2 Å². The summed E-state index contributed by atoms with van der Waals surface area (Å²) in [6.07, 6.45) is 0.331. The number of ketones is 1. The number of carbonyl (C=O) groups is 1. The predicted octanol–water partition coefficient (Wildman–Crippen LogP) is 6.25. The molecule has 1 heterocycles. The van der Waals surface area contributed by atoms with Crippen molar-refractivity contribution in [2.45, 2.75) is 38.3 Å². The molecule has 0 unspecified atom stereocenters. The first-order chi connectivity index (χ1) is 14.7. The SMILES string of the molecule is Cn1c(=NC2CCC2)n(CC(F)F)c2cc(Br)c(C(=O)c3cc(F)ccc3Cl)c(Br)c21. The Morgan fingerprint density at radius 1 is 1.29 bits per heavy atom. The second-order valence-corrected chi connectivity index (χ2v) is 9.50. The van der Waals surface area contributed by atoms with Crippen LogP contribution in [0.25, 0.3) is 11.0 Å². The van der Waals surface area contributed by atoms with Gasteiger partial charge in [-0.3, -0.25) is 4.79 Å². The molecule has 0 atom stereocenters. The Balaban J connectivity index is 1.98. The summed E-state index contributed by atoms with van der Waals surface area (Å²) in [6.45, 7) is -0.523. The summed E-state index contributed by atoms with van der Waals surface area (Å²) in [4.78, 5) is 17.9. The molecule has 2 aromatic carbocycles. The molecule has 1 aliphatic carbocycles. The maximum absolute atomic E-state index is 13.8. The zero-order chi connectivity index (χ0) is 22.4. The normalized spacial score (nSPS) is 15.2. The molecule has 0 spiro atoms. The molecular weight excluding hydrogens is 563 g/mol. The molecule has 31 heavy (non-hydrogen) atoms. The summed E-state index contributed by atoms with van der Waals surface area (Å²) in [5.41, 5.74) is 1.69. The minimum Gasteiger partial charge on any atom is -0.312 e. The van der Waals surface area contributed by atoms with E-state index >= 15 is 0 Å². The first-order valence-electron chi connectivity index (χ1n) is 9.58. The summed E-state index contributed by atoms with van der Waals surface area (Å²) < 4.78 is 44.5. The fraction of sp³-hybridized carbons (Fsp3) is 0.333. The lowest BCUT2D eigenvalue weighted by Crippen LogP contribution is -2.30. The first-order valence-corrected chi connectivity index (χ1v) is 11.5. The number of hydrogen-bond donors (Lipinski definition) is 0. The van der Waals surface area contributed by atoms with Crippen LogP contribution in [-0.2, 0) is 13.6 Å². The van der Waals surface area contributed by atoms with E-state index in [0.29, 0.717) is 25.6 Å². The number of aryl methyl sites for hydroxylation is 1. The Bertz CT molecular complexity index is 1270. The van der Waals surface area contributed by atoms with Gasteiger partial charge in [0.2, 0.25) is 5.62 Å². The van der Waals surface area contributed by atoms with Crippen LogP contribution in [0.3, 0.4) is 0 Å². The van der Waals surface area contributed by atoms with Crippen molar-refractivity contribution in [3.05, 3.63) is 60.8 Å². The molecule has 0 N–H and O–H groups in total. The van der Waals surface area contributed by atoms with E-state index in [2.05, 4.69) is 36.9 Å². The Hall–Kier alpha value is -1.58. The number of carbonyl (C=O) groups excluding carboxylic acids is 1. The molecule has 1 aromatic heterocycles. The summed E-state index contributed by atoms with van der Waals surface area (Å²) >= 11 is 13.0. The third-order valence-electron chi connectivity index (χ3n) is 5.43. The first kappa shape index (κ1) is 22.6. The third-order valence-corrected chi connectivity index (χ3v) is 7.16. The second kappa shape index (κ2) is 8.75. The number of aromatic nitrogens is 2. The van der Waals surface area contributed by atoms with Crippen LogP contribution < -0.4 is 5.62 Å². The van der Waals surface area contributed by atoms with Gasteiger partial charge in [0.05, 0.1) is 38.7 Å². The number of alkyl halides is 2. The van der Waals surface area contributed by atoms with Gasteiger partial charge in [0.25, 0.3) is 6.43 Å². The Kier molecular flexibility index (Phi) is 6.38. The monoisotopic (exact) mass is 577 g/mol. The fourth-order valence-electron chi connectivity index (χ4n) is 3.68. The highest BCUT2D eigenvalue weighted by Gasteiger charge is 2.26. The van der Waals surface area contributed by atoms with Crippen molar-refractivity contribution in [1.29, 1.82) is 0 Å². The number of halogens is 6. The van der Waals surface area contributed by atoms with Gasteiger partial charge in [0.1, 0.15) is 5.82 Å². The van der Waals surface area contributed by atoms with Gasteiger partial charge in [0, 0.05) is 17.1 Å². The van der Waals surface area contributed by atoms with Crippen LogP contribution in [-0.4, -0.2) is 27.4 Å². The van der Waals surface area contributed by atoms with E-state index in [9.17, 15) is 18.0 Å². The average molecular weight is 580 g/mol. The van der Waals surface area contributed by atoms with Gasteiger partial charge in [0.15, 0.2) is 5.78 Å². The molecule has 10 heteroatoms. The van der Waals surface area contributed by atoms with Crippen molar-refractivity contribution in [1.82, 2.24) is 9.13 Å². The topological polar surface area (TPSA) is 39.3 Å². The van der Waals surface area contributed by atoms with E-state index in [1.54, 1.807) is 17.7 Å². The van der Waals surface area contributed by atoms with Crippen LogP contribution in [0, 0.1) is 5.82 Å². The Morgan fingerprint density at radius 2 is 2.00 bits per heavy atom. The summed E-state index contributed by atoms with van der Waals surface area (Å²) in [7, 11) is 1.73. The van der Waals surface area contributed by atoms with E-state index in [0.717, 1.165) is 25.3 Å². The van der Waals surface area contributed by atoms with E-state index in [1.807, 2.05) is 0 Å². The van der Waals surface area contributed by atoms with Crippen molar-refractivity contribution < 1.29 is 18.0 Å². The van der Waals surface area contributed by atoms with Gasteiger partial charge in [-0.2, -0.15) is 0 Å². The molecule has 1 saturated carbocycles. The molecule has 164 valence electrons.